The van der Waals surface area contributed by atoms with E-state index in [1.165, 1.54) is 11.1 Å². The normalized spacial score (nSPS) is 11.8. The molecule has 2 rings (SSSR count). The molecule has 0 radical (unpaired) electrons. The summed E-state index contributed by atoms with van der Waals surface area (Å²) in [6, 6.07) is 18.6. The van der Waals surface area contributed by atoms with E-state index in [4.69, 9.17) is 4.84 Å². The summed E-state index contributed by atoms with van der Waals surface area (Å²) in [7, 11) is 0. The molecule has 0 atom stereocenters. The van der Waals surface area contributed by atoms with Crippen LogP contribution in [-0.2, 0) is 11.4 Å². The van der Waals surface area contributed by atoms with E-state index in [0.29, 0.717) is 6.61 Å². The maximum absolute atomic E-state index is 5.43. The predicted octanol–water partition coefficient (Wildman–Crippen LogP) is 4.90. The smallest absolute Gasteiger partial charge is 0.142 e. The van der Waals surface area contributed by atoms with E-state index in [9.17, 15) is 0 Å². The molecule has 0 bridgehead atoms. The molecule has 0 fully saturated rings. The van der Waals surface area contributed by atoms with Gasteiger partial charge in [-0.1, -0.05) is 80.5 Å². The maximum Gasteiger partial charge on any atom is 0.142 e. The van der Waals surface area contributed by atoms with Gasteiger partial charge < -0.3 is 4.84 Å². The molecule has 0 aliphatic heterocycles. The van der Waals surface area contributed by atoms with Crippen molar-refractivity contribution in [3.63, 3.8) is 0 Å². The topological polar surface area (TPSA) is 21.6 Å². The van der Waals surface area contributed by atoms with Crippen molar-refractivity contribution in [2.45, 2.75) is 27.4 Å². The first-order valence-electron chi connectivity index (χ1n) is 6.86. The lowest BCUT2D eigenvalue weighted by Gasteiger charge is -2.11. The van der Waals surface area contributed by atoms with Gasteiger partial charge in [-0.05, 0) is 16.7 Å². The van der Waals surface area contributed by atoms with Crippen molar-refractivity contribution in [3.05, 3.63) is 60.2 Å². The van der Waals surface area contributed by atoms with Gasteiger partial charge in [0.15, 0.2) is 0 Å². The third kappa shape index (κ3) is 4.23. The summed E-state index contributed by atoms with van der Waals surface area (Å²) in [4.78, 5) is 5.43. The first kappa shape index (κ1) is 14.3. The zero-order valence-electron chi connectivity index (χ0n) is 12.3. The van der Waals surface area contributed by atoms with Gasteiger partial charge in [-0.3, -0.25) is 0 Å². The highest BCUT2D eigenvalue weighted by Gasteiger charge is 2.06. The van der Waals surface area contributed by atoms with Crippen molar-refractivity contribution >= 4 is 6.21 Å². The molecule has 104 valence electrons. The highest BCUT2D eigenvalue weighted by molar-refractivity contribution is 5.67. The van der Waals surface area contributed by atoms with E-state index >= 15 is 0 Å². The van der Waals surface area contributed by atoms with Crippen molar-refractivity contribution in [3.8, 4) is 11.1 Å². The molecule has 0 aromatic heterocycles. The molecule has 0 amide bonds. The van der Waals surface area contributed by atoms with Gasteiger partial charge in [0.1, 0.15) is 6.61 Å². The molecule has 2 heteroatoms. The Hall–Kier alpha value is -2.09. The van der Waals surface area contributed by atoms with Gasteiger partial charge >= 0.3 is 0 Å². The van der Waals surface area contributed by atoms with E-state index in [2.05, 4.69) is 50.2 Å². The van der Waals surface area contributed by atoms with Crippen LogP contribution in [0.3, 0.4) is 0 Å². The number of nitrogens with zero attached hydrogens (tertiary/aromatic N) is 1. The van der Waals surface area contributed by atoms with Gasteiger partial charge in [0.2, 0.25) is 0 Å². The second-order valence-electron chi connectivity index (χ2n) is 5.90. The first-order valence-corrected chi connectivity index (χ1v) is 6.86. The van der Waals surface area contributed by atoms with Crippen LogP contribution in [0.2, 0.25) is 0 Å². The summed E-state index contributed by atoms with van der Waals surface area (Å²) < 4.78 is 0. The Balaban J connectivity index is 2.12. The minimum absolute atomic E-state index is 0.0406. The third-order valence-corrected chi connectivity index (χ3v) is 2.84. The van der Waals surface area contributed by atoms with Gasteiger partial charge in [-0.2, -0.15) is 0 Å². The van der Waals surface area contributed by atoms with Crippen LogP contribution in [0.15, 0.2) is 59.8 Å². The molecule has 0 unspecified atom stereocenters. The molecule has 0 saturated heterocycles. The largest absolute Gasteiger partial charge is 0.391 e. The van der Waals surface area contributed by atoms with Crippen LogP contribution >= 0.6 is 0 Å². The van der Waals surface area contributed by atoms with Crippen LogP contribution in [-0.4, -0.2) is 6.21 Å². The number of oxime groups is 1. The minimum atomic E-state index is 0.0406. The maximum atomic E-state index is 5.43. The zero-order valence-corrected chi connectivity index (χ0v) is 12.3. The van der Waals surface area contributed by atoms with E-state index in [1.807, 2.05) is 36.5 Å². The van der Waals surface area contributed by atoms with Gasteiger partial charge in [0.25, 0.3) is 0 Å². The molecular formula is C18H21NO. The molecule has 0 heterocycles. The summed E-state index contributed by atoms with van der Waals surface area (Å²) >= 11 is 0. The van der Waals surface area contributed by atoms with E-state index in [0.717, 1.165) is 5.56 Å². The van der Waals surface area contributed by atoms with Crippen molar-refractivity contribution < 1.29 is 4.84 Å². The van der Waals surface area contributed by atoms with Gasteiger partial charge in [0.05, 0.1) is 0 Å². The standard InChI is InChI=1S/C18H21NO/c1-18(2,3)14-19-20-13-16-11-7-8-12-17(16)15-9-5-4-6-10-15/h4-12,14H,13H2,1-3H3. The fraction of sp³-hybridized carbons (Fsp3) is 0.278. The van der Waals surface area contributed by atoms with Crippen molar-refractivity contribution in [1.29, 1.82) is 0 Å². The van der Waals surface area contributed by atoms with E-state index in [1.54, 1.807) is 0 Å². The van der Waals surface area contributed by atoms with Crippen LogP contribution < -0.4 is 0 Å². The van der Waals surface area contributed by atoms with Crippen molar-refractivity contribution in [2.24, 2.45) is 10.6 Å². The molecular weight excluding hydrogens is 246 g/mol. The molecule has 2 aromatic carbocycles. The quantitative estimate of drug-likeness (QED) is 0.570. The second-order valence-corrected chi connectivity index (χ2v) is 5.90. The Morgan fingerprint density at radius 3 is 2.30 bits per heavy atom. The highest BCUT2D eigenvalue weighted by Crippen LogP contribution is 2.24. The Kier molecular flexibility index (Phi) is 4.57. The molecule has 0 aliphatic carbocycles. The minimum Gasteiger partial charge on any atom is -0.391 e. The first-order chi connectivity index (χ1) is 9.56. The average Bonchev–Trinajstić information content (AvgIpc) is 2.44. The summed E-state index contributed by atoms with van der Waals surface area (Å²) in [5.41, 5.74) is 3.58. The van der Waals surface area contributed by atoms with Crippen LogP contribution in [0.1, 0.15) is 26.3 Å². The average molecular weight is 267 g/mol. The zero-order chi connectivity index (χ0) is 14.4. The highest BCUT2D eigenvalue weighted by atomic mass is 16.6. The molecule has 2 aromatic rings. The SMILES string of the molecule is CC(C)(C)C=NOCc1ccccc1-c1ccccc1. The molecule has 0 saturated carbocycles. The number of benzene rings is 2. The third-order valence-electron chi connectivity index (χ3n) is 2.84. The summed E-state index contributed by atoms with van der Waals surface area (Å²) in [5, 5.41) is 4.05. The second kappa shape index (κ2) is 6.38. The van der Waals surface area contributed by atoms with Gasteiger partial charge in [0, 0.05) is 11.6 Å². The van der Waals surface area contributed by atoms with Crippen LogP contribution in [0.25, 0.3) is 11.1 Å². The predicted molar refractivity (Wildman–Crippen MR) is 84.6 cm³/mol. The van der Waals surface area contributed by atoms with E-state index in [-0.39, 0.29) is 5.41 Å². The summed E-state index contributed by atoms with van der Waals surface area (Å²) in [5.74, 6) is 0. The summed E-state index contributed by atoms with van der Waals surface area (Å²) in [6.45, 7) is 6.77. The van der Waals surface area contributed by atoms with Crippen LogP contribution in [0.5, 0.6) is 0 Å². The van der Waals surface area contributed by atoms with Gasteiger partial charge in [-0.25, -0.2) is 0 Å². The Morgan fingerprint density at radius 1 is 0.950 bits per heavy atom. The summed E-state index contributed by atoms with van der Waals surface area (Å²) in [6.07, 6.45) is 1.83. The number of rotatable bonds is 4. The van der Waals surface area contributed by atoms with Crippen LogP contribution in [0, 0.1) is 5.41 Å². The fourth-order valence-corrected chi connectivity index (χ4v) is 1.85. The monoisotopic (exact) mass is 267 g/mol. The Labute approximate surface area is 121 Å². The Morgan fingerprint density at radius 2 is 1.60 bits per heavy atom. The van der Waals surface area contributed by atoms with Crippen LogP contribution in [0.4, 0.5) is 0 Å². The van der Waals surface area contributed by atoms with Crippen molar-refractivity contribution in [1.82, 2.24) is 0 Å². The number of hydrogen-bond acceptors (Lipinski definition) is 2. The lowest BCUT2D eigenvalue weighted by Crippen LogP contribution is -2.06. The molecule has 0 N–H and O–H groups in total. The molecule has 0 spiro atoms. The lowest BCUT2D eigenvalue weighted by molar-refractivity contribution is 0.130. The number of hydrogen-bond donors (Lipinski definition) is 0. The van der Waals surface area contributed by atoms with Gasteiger partial charge in [-0.15, -0.1) is 0 Å². The lowest BCUT2D eigenvalue weighted by atomic mass is 9.99. The fourth-order valence-electron chi connectivity index (χ4n) is 1.85. The molecule has 20 heavy (non-hydrogen) atoms. The Bertz CT molecular complexity index is 567. The molecule has 2 nitrogen and oxygen atoms in total. The molecule has 0 aliphatic rings. The van der Waals surface area contributed by atoms with Crippen molar-refractivity contribution in [2.75, 3.05) is 0 Å². The van der Waals surface area contributed by atoms with E-state index < -0.39 is 0 Å².